The highest BCUT2D eigenvalue weighted by Crippen LogP contribution is 2.46. The second kappa shape index (κ2) is 4.83. The fourth-order valence-corrected chi connectivity index (χ4v) is 5.18. The summed E-state index contributed by atoms with van der Waals surface area (Å²) < 4.78 is 0. The van der Waals surface area contributed by atoms with Crippen LogP contribution < -0.4 is 0 Å². The van der Waals surface area contributed by atoms with Gasteiger partial charge < -0.3 is 0 Å². The normalized spacial score (nSPS) is 39.2. The second-order valence-corrected chi connectivity index (χ2v) is 6.99. The Morgan fingerprint density at radius 2 is 1.70 bits per heavy atom. The maximum absolute atomic E-state index is 12.5. The molecule has 0 aromatic heterocycles. The minimum atomic E-state index is 0.121. The lowest BCUT2D eigenvalue weighted by Crippen LogP contribution is -2.44. The zero-order valence-electron chi connectivity index (χ0n) is 12.1. The summed E-state index contributed by atoms with van der Waals surface area (Å²) in [6.07, 6.45) is 9.83. The lowest BCUT2D eigenvalue weighted by Gasteiger charge is -2.35. The van der Waals surface area contributed by atoms with Crippen LogP contribution in [-0.2, 0) is 9.59 Å². The van der Waals surface area contributed by atoms with Crippen LogP contribution in [0, 0.1) is 11.8 Å². The SMILES string of the molecule is O=C1CCC[C@@H]2[C@H]1[C@@H](C1CCCCC1)N1CCC(=O)N21. The van der Waals surface area contributed by atoms with E-state index in [0.717, 1.165) is 25.8 Å². The summed E-state index contributed by atoms with van der Waals surface area (Å²) in [6.45, 7) is 0.847. The van der Waals surface area contributed by atoms with E-state index < -0.39 is 0 Å². The van der Waals surface area contributed by atoms with Crippen LogP contribution in [-0.4, -0.2) is 40.3 Å². The van der Waals surface area contributed by atoms with Gasteiger partial charge in [0.25, 0.3) is 0 Å². The van der Waals surface area contributed by atoms with Crippen molar-refractivity contribution in [2.45, 2.75) is 69.9 Å². The van der Waals surface area contributed by atoms with Crippen LogP contribution in [0.5, 0.6) is 0 Å². The van der Waals surface area contributed by atoms with Crippen molar-refractivity contribution in [2.75, 3.05) is 6.54 Å². The topological polar surface area (TPSA) is 40.6 Å². The zero-order chi connectivity index (χ0) is 13.7. The summed E-state index contributed by atoms with van der Waals surface area (Å²) in [7, 11) is 0. The van der Waals surface area contributed by atoms with Gasteiger partial charge in [0.15, 0.2) is 0 Å². The van der Waals surface area contributed by atoms with E-state index in [-0.39, 0.29) is 17.9 Å². The Morgan fingerprint density at radius 3 is 2.50 bits per heavy atom. The fourth-order valence-electron chi connectivity index (χ4n) is 5.18. The highest BCUT2D eigenvalue weighted by molar-refractivity contribution is 5.86. The molecule has 0 unspecified atom stereocenters. The molecular weight excluding hydrogens is 252 g/mol. The quantitative estimate of drug-likeness (QED) is 0.736. The molecule has 20 heavy (non-hydrogen) atoms. The number of carbonyl (C=O) groups excluding carboxylic acids is 2. The summed E-state index contributed by atoms with van der Waals surface area (Å²) in [5, 5.41) is 4.30. The number of fused-ring (bicyclic) bond motifs is 3. The van der Waals surface area contributed by atoms with E-state index in [0.29, 0.717) is 24.2 Å². The van der Waals surface area contributed by atoms with Gasteiger partial charge in [-0.3, -0.25) is 14.6 Å². The fraction of sp³-hybridized carbons (Fsp3) is 0.875. The Labute approximate surface area is 120 Å². The summed E-state index contributed by atoms with van der Waals surface area (Å²) in [5.41, 5.74) is 0. The average Bonchev–Trinajstić information content (AvgIpc) is 3.00. The number of nitrogens with zero attached hydrogens (tertiary/aromatic N) is 2. The van der Waals surface area contributed by atoms with Gasteiger partial charge in [-0.15, -0.1) is 0 Å². The minimum Gasteiger partial charge on any atom is -0.299 e. The number of rotatable bonds is 1. The summed E-state index contributed by atoms with van der Waals surface area (Å²) in [6, 6.07) is 0.526. The lowest BCUT2D eigenvalue weighted by molar-refractivity contribution is -0.139. The first-order chi connectivity index (χ1) is 9.77. The molecule has 0 aromatic carbocycles. The molecule has 3 atom stereocenters. The number of hydrazine groups is 1. The molecule has 0 bridgehead atoms. The van der Waals surface area contributed by atoms with Crippen molar-refractivity contribution < 1.29 is 9.59 Å². The van der Waals surface area contributed by atoms with Gasteiger partial charge in [-0.25, -0.2) is 5.01 Å². The first-order valence-electron chi connectivity index (χ1n) is 8.39. The molecule has 1 amide bonds. The smallest absolute Gasteiger partial charge is 0.238 e. The Hall–Kier alpha value is -0.900. The van der Waals surface area contributed by atoms with E-state index in [1.54, 1.807) is 0 Å². The molecule has 4 aliphatic rings. The molecule has 4 nitrogen and oxygen atoms in total. The van der Waals surface area contributed by atoms with Crippen LogP contribution >= 0.6 is 0 Å². The molecule has 4 fully saturated rings. The van der Waals surface area contributed by atoms with Crippen LogP contribution in [0.15, 0.2) is 0 Å². The number of hydrogen-bond donors (Lipinski definition) is 0. The Balaban J connectivity index is 1.67. The molecule has 110 valence electrons. The molecule has 2 aliphatic heterocycles. The first kappa shape index (κ1) is 12.8. The van der Waals surface area contributed by atoms with Gasteiger partial charge in [0, 0.05) is 25.4 Å². The molecule has 0 N–H and O–H groups in total. The predicted molar refractivity (Wildman–Crippen MR) is 74.7 cm³/mol. The zero-order valence-corrected chi connectivity index (χ0v) is 12.1. The third kappa shape index (κ3) is 1.77. The summed E-state index contributed by atoms with van der Waals surface area (Å²) in [5.74, 6) is 1.44. The third-order valence-electron chi connectivity index (χ3n) is 5.96. The Kier molecular flexibility index (Phi) is 3.09. The van der Waals surface area contributed by atoms with Crippen molar-refractivity contribution in [3.63, 3.8) is 0 Å². The van der Waals surface area contributed by atoms with Gasteiger partial charge in [0.1, 0.15) is 5.78 Å². The van der Waals surface area contributed by atoms with Crippen LogP contribution in [0.1, 0.15) is 57.8 Å². The van der Waals surface area contributed by atoms with Crippen molar-refractivity contribution in [2.24, 2.45) is 11.8 Å². The van der Waals surface area contributed by atoms with E-state index in [4.69, 9.17) is 0 Å². The molecule has 4 heteroatoms. The van der Waals surface area contributed by atoms with Crippen molar-refractivity contribution in [1.82, 2.24) is 10.0 Å². The second-order valence-electron chi connectivity index (χ2n) is 6.99. The molecule has 2 saturated heterocycles. The molecular formula is C16H24N2O2. The first-order valence-corrected chi connectivity index (χ1v) is 8.39. The van der Waals surface area contributed by atoms with E-state index in [1.165, 1.54) is 32.1 Å². The van der Waals surface area contributed by atoms with Crippen molar-refractivity contribution in [3.8, 4) is 0 Å². The standard InChI is InChI=1S/C16H24N2O2/c19-13-8-4-7-12-15(13)16(11-5-2-1-3-6-11)17-10-9-14(20)18(12)17/h11-12,15-16H,1-10H2/t12-,15-,16-/m1/s1. The van der Waals surface area contributed by atoms with Gasteiger partial charge in [-0.1, -0.05) is 19.3 Å². The van der Waals surface area contributed by atoms with Crippen LogP contribution in [0.3, 0.4) is 0 Å². The third-order valence-corrected chi connectivity index (χ3v) is 5.96. The molecule has 0 spiro atoms. The van der Waals surface area contributed by atoms with Gasteiger partial charge in [-0.05, 0) is 31.6 Å². The van der Waals surface area contributed by atoms with Gasteiger partial charge >= 0.3 is 0 Å². The molecule has 4 rings (SSSR count). The van der Waals surface area contributed by atoms with E-state index in [9.17, 15) is 9.59 Å². The average molecular weight is 276 g/mol. The predicted octanol–water partition coefficient (Wildman–Crippen LogP) is 2.14. The minimum absolute atomic E-state index is 0.121. The molecule has 0 aromatic rings. The summed E-state index contributed by atoms with van der Waals surface area (Å²) in [4.78, 5) is 24.7. The van der Waals surface area contributed by atoms with Crippen molar-refractivity contribution >= 4 is 11.7 Å². The maximum Gasteiger partial charge on any atom is 0.238 e. The van der Waals surface area contributed by atoms with Crippen LogP contribution in [0.4, 0.5) is 0 Å². The number of carbonyl (C=O) groups is 2. The number of ketones is 1. The molecule has 2 saturated carbocycles. The molecule has 2 aliphatic carbocycles. The number of Topliss-reactive ketones (excluding diaryl/α,β-unsaturated/α-hetero) is 1. The Morgan fingerprint density at radius 1 is 0.900 bits per heavy atom. The Bertz CT molecular complexity index is 430. The largest absolute Gasteiger partial charge is 0.299 e. The molecule has 0 radical (unpaired) electrons. The highest BCUT2D eigenvalue weighted by atomic mass is 16.2. The molecule has 2 heterocycles. The van der Waals surface area contributed by atoms with E-state index in [2.05, 4.69) is 5.01 Å². The summed E-state index contributed by atoms with van der Waals surface area (Å²) >= 11 is 0. The van der Waals surface area contributed by atoms with Gasteiger partial charge in [-0.2, -0.15) is 0 Å². The highest BCUT2D eigenvalue weighted by Gasteiger charge is 2.57. The van der Waals surface area contributed by atoms with E-state index in [1.807, 2.05) is 5.01 Å². The lowest BCUT2D eigenvalue weighted by atomic mass is 9.72. The van der Waals surface area contributed by atoms with Crippen LogP contribution in [0.2, 0.25) is 0 Å². The number of hydrogen-bond acceptors (Lipinski definition) is 3. The van der Waals surface area contributed by atoms with Crippen LogP contribution in [0.25, 0.3) is 0 Å². The van der Waals surface area contributed by atoms with E-state index >= 15 is 0 Å². The van der Waals surface area contributed by atoms with Gasteiger partial charge in [0.05, 0.1) is 12.0 Å². The van der Waals surface area contributed by atoms with Crippen molar-refractivity contribution in [1.29, 1.82) is 0 Å². The number of amides is 1. The van der Waals surface area contributed by atoms with Crippen molar-refractivity contribution in [3.05, 3.63) is 0 Å². The maximum atomic E-state index is 12.5. The monoisotopic (exact) mass is 276 g/mol. The van der Waals surface area contributed by atoms with Gasteiger partial charge in [0.2, 0.25) is 5.91 Å².